The summed E-state index contributed by atoms with van der Waals surface area (Å²) in [5.41, 5.74) is 0.211. The van der Waals surface area contributed by atoms with Gasteiger partial charge >= 0.3 is 0 Å². The van der Waals surface area contributed by atoms with E-state index in [2.05, 4.69) is 17.1 Å². The molecule has 0 aliphatic carbocycles. The average molecular weight is 262 g/mol. The van der Waals surface area contributed by atoms with Gasteiger partial charge in [-0.3, -0.25) is 4.90 Å². The van der Waals surface area contributed by atoms with Crippen LogP contribution in [0.25, 0.3) is 0 Å². The fraction of sp³-hybridized carbons (Fsp3) is 0.625. The van der Waals surface area contributed by atoms with E-state index in [1.807, 2.05) is 37.3 Å². The lowest BCUT2D eigenvalue weighted by Gasteiger charge is -2.32. The Morgan fingerprint density at radius 3 is 2.68 bits per heavy atom. The van der Waals surface area contributed by atoms with E-state index in [0.29, 0.717) is 12.6 Å². The third-order valence-electron chi connectivity index (χ3n) is 4.02. The van der Waals surface area contributed by atoms with E-state index in [0.717, 1.165) is 25.2 Å². The number of likely N-dealkylation sites (N-methyl/N-ethyl adjacent to an activating group) is 1. The minimum absolute atomic E-state index is 0.589. The van der Waals surface area contributed by atoms with E-state index in [-0.39, 0.29) is 0 Å². The van der Waals surface area contributed by atoms with Gasteiger partial charge in [0.05, 0.1) is 5.60 Å². The van der Waals surface area contributed by atoms with Crippen LogP contribution in [0, 0.1) is 0 Å². The summed E-state index contributed by atoms with van der Waals surface area (Å²) in [5, 5.41) is 14.2. The number of nitrogens with zero attached hydrogens (tertiary/aromatic N) is 1. The first-order chi connectivity index (χ1) is 9.12. The van der Waals surface area contributed by atoms with Crippen LogP contribution in [-0.4, -0.2) is 42.2 Å². The Morgan fingerprint density at radius 1 is 1.37 bits per heavy atom. The molecule has 2 rings (SSSR count). The zero-order valence-electron chi connectivity index (χ0n) is 12.1. The minimum Gasteiger partial charge on any atom is -0.384 e. The van der Waals surface area contributed by atoms with Crippen LogP contribution in [0.5, 0.6) is 0 Å². The number of aliphatic hydroxyl groups is 1. The minimum atomic E-state index is -0.782. The van der Waals surface area contributed by atoms with Crippen LogP contribution in [0.15, 0.2) is 30.3 Å². The molecule has 1 heterocycles. The van der Waals surface area contributed by atoms with Crippen molar-refractivity contribution in [2.45, 2.75) is 38.3 Å². The van der Waals surface area contributed by atoms with Crippen molar-refractivity contribution in [1.82, 2.24) is 10.2 Å². The van der Waals surface area contributed by atoms with Gasteiger partial charge in [0, 0.05) is 19.1 Å². The van der Waals surface area contributed by atoms with Gasteiger partial charge in [-0.25, -0.2) is 0 Å². The summed E-state index contributed by atoms with van der Waals surface area (Å²) < 4.78 is 0. The highest BCUT2D eigenvalue weighted by Crippen LogP contribution is 2.22. The molecule has 1 aromatic rings. The van der Waals surface area contributed by atoms with Gasteiger partial charge in [0.1, 0.15) is 0 Å². The third-order valence-corrected chi connectivity index (χ3v) is 4.02. The van der Waals surface area contributed by atoms with Crippen molar-refractivity contribution in [1.29, 1.82) is 0 Å². The van der Waals surface area contributed by atoms with E-state index in [4.69, 9.17) is 0 Å². The molecule has 0 radical (unpaired) electrons. The summed E-state index contributed by atoms with van der Waals surface area (Å²) in [6.07, 6.45) is 2.53. The number of benzene rings is 1. The predicted octanol–water partition coefficient (Wildman–Crippen LogP) is 1.97. The molecule has 2 N–H and O–H groups in total. The Balaban J connectivity index is 1.96. The van der Waals surface area contributed by atoms with Crippen molar-refractivity contribution in [3.05, 3.63) is 35.9 Å². The zero-order valence-corrected chi connectivity index (χ0v) is 12.1. The average Bonchev–Trinajstić information content (AvgIpc) is 2.91. The van der Waals surface area contributed by atoms with Crippen LogP contribution in [0.3, 0.4) is 0 Å². The largest absolute Gasteiger partial charge is 0.384 e. The van der Waals surface area contributed by atoms with Gasteiger partial charge in [-0.05, 0) is 38.4 Å². The van der Waals surface area contributed by atoms with Crippen molar-refractivity contribution in [3.8, 4) is 0 Å². The molecular formula is C16H26N2O. The van der Waals surface area contributed by atoms with Gasteiger partial charge < -0.3 is 10.4 Å². The molecule has 1 aliphatic rings. The van der Waals surface area contributed by atoms with Crippen molar-refractivity contribution >= 4 is 0 Å². The summed E-state index contributed by atoms with van der Waals surface area (Å²) in [6.45, 7) is 7.90. The standard InChI is InChI=1S/C16H26N2O/c1-3-18(12-15-10-7-11-17-15)13-16(2,19)14-8-5-4-6-9-14/h4-6,8-9,15,17,19H,3,7,10-13H2,1-2H3. The quantitative estimate of drug-likeness (QED) is 0.823. The number of hydrogen-bond donors (Lipinski definition) is 2. The smallest absolute Gasteiger partial charge is 0.0994 e. The molecule has 0 aromatic heterocycles. The van der Waals surface area contributed by atoms with Crippen molar-refractivity contribution in [3.63, 3.8) is 0 Å². The van der Waals surface area contributed by atoms with E-state index in [9.17, 15) is 5.11 Å². The lowest BCUT2D eigenvalue weighted by atomic mass is 9.95. The van der Waals surface area contributed by atoms with Gasteiger partial charge in [0.15, 0.2) is 0 Å². The highest BCUT2D eigenvalue weighted by Gasteiger charge is 2.27. The number of nitrogens with one attached hydrogen (secondary N) is 1. The molecule has 3 heteroatoms. The summed E-state index contributed by atoms with van der Waals surface area (Å²) in [4.78, 5) is 2.34. The normalized spacial score (nSPS) is 22.6. The van der Waals surface area contributed by atoms with Gasteiger partial charge in [-0.1, -0.05) is 37.3 Å². The Hall–Kier alpha value is -0.900. The first-order valence-electron chi connectivity index (χ1n) is 7.35. The molecule has 3 nitrogen and oxygen atoms in total. The Morgan fingerprint density at radius 2 is 2.11 bits per heavy atom. The van der Waals surface area contributed by atoms with Crippen molar-refractivity contribution in [2.75, 3.05) is 26.2 Å². The molecule has 2 atom stereocenters. The van der Waals surface area contributed by atoms with Gasteiger partial charge in [-0.15, -0.1) is 0 Å². The molecule has 1 saturated heterocycles. The number of rotatable bonds is 6. The summed E-state index contributed by atoms with van der Waals surface area (Å²) in [5.74, 6) is 0. The molecule has 0 amide bonds. The van der Waals surface area contributed by atoms with E-state index >= 15 is 0 Å². The molecule has 2 unspecified atom stereocenters. The highest BCUT2D eigenvalue weighted by molar-refractivity contribution is 5.21. The van der Waals surface area contributed by atoms with Gasteiger partial charge in [0.25, 0.3) is 0 Å². The fourth-order valence-corrected chi connectivity index (χ4v) is 2.85. The van der Waals surface area contributed by atoms with Crippen molar-refractivity contribution < 1.29 is 5.11 Å². The van der Waals surface area contributed by atoms with Gasteiger partial charge in [0.2, 0.25) is 0 Å². The maximum Gasteiger partial charge on any atom is 0.0994 e. The second kappa shape index (κ2) is 6.51. The topological polar surface area (TPSA) is 35.5 Å². The SMILES string of the molecule is CCN(CC1CCCN1)CC(C)(O)c1ccccc1. The number of hydrogen-bond acceptors (Lipinski definition) is 3. The Labute approximate surface area is 116 Å². The molecule has 0 saturated carbocycles. The zero-order chi connectivity index (χ0) is 13.7. The third kappa shape index (κ3) is 4.03. The second-order valence-corrected chi connectivity index (χ2v) is 5.76. The van der Waals surface area contributed by atoms with Crippen LogP contribution in [0.1, 0.15) is 32.3 Å². The monoisotopic (exact) mass is 262 g/mol. The molecule has 1 fully saturated rings. The van der Waals surface area contributed by atoms with Crippen LogP contribution >= 0.6 is 0 Å². The molecule has 0 spiro atoms. The van der Waals surface area contributed by atoms with Crippen LogP contribution < -0.4 is 5.32 Å². The molecule has 1 aromatic carbocycles. The van der Waals surface area contributed by atoms with Gasteiger partial charge in [-0.2, -0.15) is 0 Å². The van der Waals surface area contributed by atoms with Crippen LogP contribution in [0.2, 0.25) is 0 Å². The molecule has 0 bridgehead atoms. The fourth-order valence-electron chi connectivity index (χ4n) is 2.85. The Kier molecular flexibility index (Phi) is 4.97. The maximum atomic E-state index is 10.7. The first kappa shape index (κ1) is 14.5. The summed E-state index contributed by atoms with van der Waals surface area (Å²) >= 11 is 0. The molecule has 1 aliphatic heterocycles. The lowest BCUT2D eigenvalue weighted by molar-refractivity contribution is 0.0152. The van der Waals surface area contributed by atoms with E-state index in [1.54, 1.807) is 0 Å². The van der Waals surface area contributed by atoms with Crippen LogP contribution in [0.4, 0.5) is 0 Å². The van der Waals surface area contributed by atoms with E-state index in [1.165, 1.54) is 12.8 Å². The maximum absolute atomic E-state index is 10.7. The van der Waals surface area contributed by atoms with Crippen molar-refractivity contribution in [2.24, 2.45) is 0 Å². The Bertz CT molecular complexity index is 372. The van der Waals surface area contributed by atoms with Crippen LogP contribution in [-0.2, 0) is 5.60 Å². The highest BCUT2D eigenvalue weighted by atomic mass is 16.3. The van der Waals surface area contributed by atoms with E-state index < -0.39 is 5.60 Å². The first-order valence-corrected chi connectivity index (χ1v) is 7.35. The summed E-state index contributed by atoms with van der Waals surface area (Å²) in [6, 6.07) is 10.5. The summed E-state index contributed by atoms with van der Waals surface area (Å²) in [7, 11) is 0. The lowest BCUT2D eigenvalue weighted by Crippen LogP contribution is -2.44. The molecular weight excluding hydrogens is 236 g/mol. The second-order valence-electron chi connectivity index (χ2n) is 5.76. The molecule has 106 valence electrons. The molecule has 19 heavy (non-hydrogen) atoms. The predicted molar refractivity (Wildman–Crippen MR) is 79.2 cm³/mol.